The molecule has 98 valence electrons. The second kappa shape index (κ2) is 5.19. The summed E-state index contributed by atoms with van der Waals surface area (Å²) in [6.07, 6.45) is 4.99. The second-order valence-corrected chi connectivity index (χ2v) is 7.28. The summed E-state index contributed by atoms with van der Waals surface area (Å²) >= 11 is 3.34. The highest BCUT2D eigenvalue weighted by Gasteiger charge is 2.25. The van der Waals surface area contributed by atoms with Gasteiger partial charge in [-0.05, 0) is 37.9 Å². The first kappa shape index (κ1) is 12.4. The fourth-order valence-corrected chi connectivity index (χ4v) is 4.69. The van der Waals surface area contributed by atoms with Crippen LogP contribution in [0.4, 0.5) is 5.13 Å². The number of thioether (sulfide) groups is 1. The van der Waals surface area contributed by atoms with Gasteiger partial charge in [-0.3, -0.25) is 4.79 Å². The van der Waals surface area contributed by atoms with Crippen molar-refractivity contribution >= 4 is 34.1 Å². The third-order valence-corrected chi connectivity index (χ3v) is 5.84. The molecule has 0 spiro atoms. The minimum Gasteiger partial charge on any atom is -0.327 e. The second-order valence-electron chi connectivity index (χ2n) is 4.88. The van der Waals surface area contributed by atoms with Gasteiger partial charge in [0.25, 0.3) is 0 Å². The SMILES string of the molecule is N[C@H]1CCc2nc(NC(=O)C3CCCS3)sc2C1. The molecule has 0 bridgehead atoms. The Balaban J connectivity index is 1.68. The zero-order chi connectivity index (χ0) is 12.5. The molecule has 1 aromatic heterocycles. The monoisotopic (exact) mass is 283 g/mol. The van der Waals surface area contributed by atoms with Crippen molar-refractivity contribution in [2.75, 3.05) is 11.1 Å². The maximum absolute atomic E-state index is 12.0. The smallest absolute Gasteiger partial charge is 0.239 e. The molecule has 0 radical (unpaired) electrons. The van der Waals surface area contributed by atoms with Gasteiger partial charge < -0.3 is 11.1 Å². The van der Waals surface area contributed by atoms with Gasteiger partial charge in [0.15, 0.2) is 5.13 Å². The quantitative estimate of drug-likeness (QED) is 0.868. The van der Waals surface area contributed by atoms with Gasteiger partial charge in [-0.25, -0.2) is 4.98 Å². The Morgan fingerprint density at radius 3 is 3.11 bits per heavy atom. The maximum Gasteiger partial charge on any atom is 0.239 e. The lowest BCUT2D eigenvalue weighted by Gasteiger charge is -2.15. The number of aromatic nitrogens is 1. The molecule has 1 unspecified atom stereocenters. The molecule has 1 amide bonds. The summed E-state index contributed by atoms with van der Waals surface area (Å²) in [5, 5.41) is 3.84. The van der Waals surface area contributed by atoms with Crippen LogP contribution in [-0.4, -0.2) is 27.9 Å². The van der Waals surface area contributed by atoms with Crippen LogP contribution in [0.5, 0.6) is 0 Å². The number of nitrogens with zero attached hydrogens (tertiary/aromatic N) is 1. The molecule has 3 rings (SSSR count). The molecular formula is C12H17N3OS2. The zero-order valence-corrected chi connectivity index (χ0v) is 11.8. The van der Waals surface area contributed by atoms with Crippen molar-refractivity contribution in [3.05, 3.63) is 10.6 Å². The van der Waals surface area contributed by atoms with E-state index in [4.69, 9.17) is 5.73 Å². The van der Waals surface area contributed by atoms with Gasteiger partial charge in [-0.2, -0.15) is 0 Å². The predicted molar refractivity (Wildman–Crippen MR) is 76.2 cm³/mol. The van der Waals surface area contributed by atoms with E-state index >= 15 is 0 Å². The number of anilines is 1. The Morgan fingerprint density at radius 1 is 1.44 bits per heavy atom. The first-order chi connectivity index (χ1) is 8.72. The molecule has 0 aromatic carbocycles. The van der Waals surface area contributed by atoms with E-state index in [9.17, 15) is 4.79 Å². The van der Waals surface area contributed by atoms with Crippen LogP contribution in [0.1, 0.15) is 29.8 Å². The molecule has 0 saturated carbocycles. The van der Waals surface area contributed by atoms with E-state index in [2.05, 4.69) is 10.3 Å². The fourth-order valence-electron chi connectivity index (χ4n) is 2.42. The van der Waals surface area contributed by atoms with Crippen LogP contribution >= 0.6 is 23.1 Å². The molecule has 6 heteroatoms. The largest absolute Gasteiger partial charge is 0.327 e. The number of thiazole rings is 1. The molecule has 1 aliphatic carbocycles. The molecule has 2 aliphatic rings. The van der Waals surface area contributed by atoms with E-state index in [1.165, 1.54) is 4.88 Å². The lowest BCUT2D eigenvalue weighted by molar-refractivity contribution is -0.115. The van der Waals surface area contributed by atoms with E-state index in [-0.39, 0.29) is 17.2 Å². The molecule has 2 heterocycles. The van der Waals surface area contributed by atoms with Crippen molar-refractivity contribution in [3.8, 4) is 0 Å². The number of hydrogen-bond donors (Lipinski definition) is 2. The van der Waals surface area contributed by atoms with Crippen LogP contribution in [0, 0.1) is 0 Å². The first-order valence-electron chi connectivity index (χ1n) is 6.39. The highest BCUT2D eigenvalue weighted by Crippen LogP contribution is 2.31. The first-order valence-corrected chi connectivity index (χ1v) is 8.25. The molecule has 18 heavy (non-hydrogen) atoms. The van der Waals surface area contributed by atoms with Gasteiger partial charge in [0.05, 0.1) is 10.9 Å². The average molecular weight is 283 g/mol. The molecule has 1 aromatic rings. The predicted octanol–water partition coefficient (Wildman–Crippen LogP) is 1.79. The van der Waals surface area contributed by atoms with Crippen LogP contribution in [-0.2, 0) is 17.6 Å². The van der Waals surface area contributed by atoms with E-state index in [1.807, 2.05) is 0 Å². The van der Waals surface area contributed by atoms with Crippen molar-refractivity contribution in [2.45, 2.75) is 43.4 Å². The summed E-state index contributed by atoms with van der Waals surface area (Å²) in [4.78, 5) is 17.8. The standard InChI is InChI=1S/C12H17N3OS2/c13-7-3-4-8-10(6-7)18-12(14-8)15-11(16)9-2-1-5-17-9/h7,9H,1-6,13H2,(H,14,15,16)/t7-,9?/m0/s1. The molecule has 4 nitrogen and oxygen atoms in total. The lowest BCUT2D eigenvalue weighted by atomic mass is 9.99. The number of amides is 1. The van der Waals surface area contributed by atoms with Crippen LogP contribution in [0.25, 0.3) is 0 Å². The molecular weight excluding hydrogens is 266 g/mol. The summed E-state index contributed by atoms with van der Waals surface area (Å²) < 4.78 is 0. The van der Waals surface area contributed by atoms with E-state index in [0.717, 1.165) is 48.7 Å². The lowest BCUT2D eigenvalue weighted by Crippen LogP contribution is -2.27. The topological polar surface area (TPSA) is 68.0 Å². The van der Waals surface area contributed by atoms with Gasteiger partial charge in [-0.15, -0.1) is 23.1 Å². The molecule has 1 saturated heterocycles. The highest BCUT2D eigenvalue weighted by atomic mass is 32.2. The minimum atomic E-state index is 0.118. The highest BCUT2D eigenvalue weighted by molar-refractivity contribution is 8.00. The summed E-state index contributed by atoms with van der Waals surface area (Å²) in [5.74, 6) is 1.22. The third kappa shape index (κ3) is 2.55. The van der Waals surface area contributed by atoms with Crippen molar-refractivity contribution in [1.29, 1.82) is 0 Å². The summed E-state index contributed by atoms with van der Waals surface area (Å²) in [6, 6.07) is 0.256. The Hall–Kier alpha value is -0.590. The van der Waals surface area contributed by atoms with Gasteiger partial charge in [0.1, 0.15) is 0 Å². The number of aryl methyl sites for hydroxylation is 1. The molecule has 1 fully saturated rings. The number of carbonyl (C=O) groups excluding carboxylic acids is 1. The Morgan fingerprint density at radius 2 is 2.33 bits per heavy atom. The van der Waals surface area contributed by atoms with Crippen molar-refractivity contribution in [3.63, 3.8) is 0 Å². The van der Waals surface area contributed by atoms with Crippen LogP contribution < -0.4 is 11.1 Å². The molecule has 2 atom stereocenters. The zero-order valence-electron chi connectivity index (χ0n) is 10.1. The summed E-state index contributed by atoms with van der Waals surface area (Å²) in [6.45, 7) is 0. The number of fused-ring (bicyclic) bond motifs is 1. The van der Waals surface area contributed by atoms with Gasteiger partial charge in [0.2, 0.25) is 5.91 Å². The van der Waals surface area contributed by atoms with Gasteiger partial charge in [0, 0.05) is 10.9 Å². The molecule has 3 N–H and O–H groups in total. The van der Waals surface area contributed by atoms with Crippen LogP contribution in [0.2, 0.25) is 0 Å². The van der Waals surface area contributed by atoms with Crippen LogP contribution in [0.15, 0.2) is 0 Å². The van der Waals surface area contributed by atoms with Crippen molar-refractivity contribution in [1.82, 2.24) is 4.98 Å². The van der Waals surface area contributed by atoms with Gasteiger partial charge >= 0.3 is 0 Å². The fraction of sp³-hybridized carbons (Fsp3) is 0.667. The summed E-state index contributed by atoms with van der Waals surface area (Å²) in [7, 11) is 0. The maximum atomic E-state index is 12.0. The third-order valence-electron chi connectivity index (χ3n) is 3.43. The number of nitrogens with two attached hydrogens (primary N) is 1. The van der Waals surface area contributed by atoms with E-state index < -0.39 is 0 Å². The molecule has 1 aliphatic heterocycles. The van der Waals surface area contributed by atoms with Crippen molar-refractivity contribution < 1.29 is 4.79 Å². The number of rotatable bonds is 2. The van der Waals surface area contributed by atoms with E-state index in [1.54, 1.807) is 23.1 Å². The number of hydrogen-bond acceptors (Lipinski definition) is 5. The Bertz CT molecular complexity index is 454. The number of nitrogens with one attached hydrogen (secondary N) is 1. The van der Waals surface area contributed by atoms with E-state index in [0.29, 0.717) is 0 Å². The average Bonchev–Trinajstić information content (AvgIpc) is 2.95. The minimum absolute atomic E-state index is 0.118. The summed E-state index contributed by atoms with van der Waals surface area (Å²) in [5.41, 5.74) is 7.08. The number of carbonyl (C=O) groups is 1. The Labute approximate surface area is 115 Å². The normalized spacial score (nSPS) is 26.9. The van der Waals surface area contributed by atoms with Crippen molar-refractivity contribution in [2.24, 2.45) is 5.73 Å². The van der Waals surface area contributed by atoms with Gasteiger partial charge in [-0.1, -0.05) is 0 Å². The van der Waals surface area contributed by atoms with Crippen LogP contribution in [0.3, 0.4) is 0 Å². The Kier molecular flexibility index (Phi) is 3.59.